The van der Waals surface area contributed by atoms with Crippen LogP contribution in [0.2, 0.25) is 0 Å². The molecule has 5 nitrogen and oxygen atoms in total. The first-order chi connectivity index (χ1) is 13.3. The van der Waals surface area contributed by atoms with Gasteiger partial charge in [0.05, 0.1) is 11.8 Å². The molecule has 1 aromatic carbocycles. The summed E-state index contributed by atoms with van der Waals surface area (Å²) in [6.45, 7) is 7.12. The number of aliphatic hydroxyl groups excluding tert-OH is 1. The van der Waals surface area contributed by atoms with Gasteiger partial charge in [-0.05, 0) is 69.2 Å². The summed E-state index contributed by atoms with van der Waals surface area (Å²) in [7, 11) is 4.30. The molecule has 2 heterocycles. The van der Waals surface area contributed by atoms with E-state index in [4.69, 9.17) is 5.73 Å². The molecule has 1 saturated heterocycles. The highest BCUT2D eigenvalue weighted by molar-refractivity contribution is 5.66. The summed E-state index contributed by atoms with van der Waals surface area (Å²) < 4.78 is 0. The molecule has 0 radical (unpaired) electrons. The Labute approximate surface area is 169 Å². The summed E-state index contributed by atoms with van der Waals surface area (Å²) in [5.74, 6) is 0.860. The second-order valence-corrected chi connectivity index (χ2v) is 8.46. The van der Waals surface area contributed by atoms with Gasteiger partial charge in [0.15, 0.2) is 0 Å². The molecule has 152 valence electrons. The van der Waals surface area contributed by atoms with Crippen LogP contribution in [0.5, 0.6) is 0 Å². The number of β-amino-alcohol motifs (C(OH)–C–C–N with tert-alkyl or cyclic N) is 1. The molecule has 0 bridgehead atoms. The molecule has 0 amide bonds. The number of likely N-dealkylation sites (tertiary alicyclic amines) is 1. The molecule has 1 aliphatic heterocycles. The van der Waals surface area contributed by atoms with Crippen molar-refractivity contribution in [3.63, 3.8) is 0 Å². The Morgan fingerprint density at radius 1 is 1.18 bits per heavy atom. The van der Waals surface area contributed by atoms with E-state index in [0.29, 0.717) is 24.3 Å². The lowest BCUT2D eigenvalue weighted by Crippen LogP contribution is -2.43. The first-order valence-corrected chi connectivity index (χ1v) is 10.3. The number of nitrogen functional groups attached to an aromatic ring is 1. The third kappa shape index (κ3) is 4.90. The molecule has 1 aromatic heterocycles. The van der Waals surface area contributed by atoms with Crippen molar-refractivity contribution < 1.29 is 5.11 Å². The topological polar surface area (TPSA) is 65.6 Å². The Bertz CT molecular complexity index is 782. The van der Waals surface area contributed by atoms with Crippen LogP contribution in [-0.4, -0.2) is 59.7 Å². The number of nitrogens with two attached hydrogens (primary N) is 1. The Balaban J connectivity index is 1.75. The quantitative estimate of drug-likeness (QED) is 0.800. The molecular formula is C23H34N4O. The standard InChI is InChI=1S/C23H34N4O/c1-16(2)20-14-17(8-9-19(20)21-6-5-7-23(24)25-21)22(28)15-27-12-10-18(11-13-27)26(3)4/h5-9,14,16,18,22,28H,10-13,15H2,1-4H3,(H2,24,25). The largest absolute Gasteiger partial charge is 0.387 e. The Kier molecular flexibility index (Phi) is 6.70. The first-order valence-electron chi connectivity index (χ1n) is 10.3. The van der Waals surface area contributed by atoms with Crippen molar-refractivity contribution in [1.29, 1.82) is 0 Å². The lowest BCUT2D eigenvalue weighted by molar-refractivity contribution is 0.0798. The van der Waals surface area contributed by atoms with Gasteiger partial charge < -0.3 is 20.6 Å². The van der Waals surface area contributed by atoms with Crippen LogP contribution in [0.3, 0.4) is 0 Å². The van der Waals surface area contributed by atoms with E-state index in [1.165, 1.54) is 5.56 Å². The van der Waals surface area contributed by atoms with E-state index < -0.39 is 6.10 Å². The lowest BCUT2D eigenvalue weighted by Gasteiger charge is -2.36. The number of aliphatic hydroxyl groups is 1. The van der Waals surface area contributed by atoms with Crippen molar-refractivity contribution in [3.05, 3.63) is 47.5 Å². The smallest absolute Gasteiger partial charge is 0.124 e. The van der Waals surface area contributed by atoms with Crippen LogP contribution >= 0.6 is 0 Å². The van der Waals surface area contributed by atoms with Crippen molar-refractivity contribution in [1.82, 2.24) is 14.8 Å². The number of hydrogen-bond acceptors (Lipinski definition) is 5. The van der Waals surface area contributed by atoms with E-state index >= 15 is 0 Å². The fourth-order valence-electron chi connectivity index (χ4n) is 4.07. The second-order valence-electron chi connectivity index (χ2n) is 8.46. The maximum atomic E-state index is 10.9. The van der Waals surface area contributed by atoms with Crippen LogP contribution < -0.4 is 5.73 Å². The molecule has 5 heteroatoms. The van der Waals surface area contributed by atoms with Gasteiger partial charge in [-0.15, -0.1) is 0 Å². The molecule has 0 saturated carbocycles. The minimum absolute atomic E-state index is 0.334. The van der Waals surface area contributed by atoms with Gasteiger partial charge in [0.1, 0.15) is 5.82 Å². The van der Waals surface area contributed by atoms with Gasteiger partial charge in [0, 0.05) is 18.2 Å². The second kappa shape index (κ2) is 9.03. The number of pyridine rings is 1. The summed E-state index contributed by atoms with van der Waals surface area (Å²) >= 11 is 0. The summed E-state index contributed by atoms with van der Waals surface area (Å²) in [4.78, 5) is 9.17. The maximum absolute atomic E-state index is 10.9. The van der Waals surface area contributed by atoms with Gasteiger partial charge in [0.2, 0.25) is 0 Å². The van der Waals surface area contributed by atoms with E-state index in [9.17, 15) is 5.11 Å². The maximum Gasteiger partial charge on any atom is 0.124 e. The first kappa shape index (κ1) is 20.8. The zero-order chi connectivity index (χ0) is 20.3. The SMILES string of the molecule is CC(C)c1cc(C(O)CN2CCC(N(C)C)CC2)ccc1-c1cccc(N)n1. The van der Waals surface area contributed by atoms with Gasteiger partial charge in [-0.25, -0.2) is 4.98 Å². The van der Waals surface area contributed by atoms with Crippen molar-refractivity contribution in [3.8, 4) is 11.3 Å². The van der Waals surface area contributed by atoms with Gasteiger partial charge in [0.25, 0.3) is 0 Å². The summed E-state index contributed by atoms with van der Waals surface area (Å²) in [6, 6.07) is 12.6. The summed E-state index contributed by atoms with van der Waals surface area (Å²) in [5, 5.41) is 10.9. The van der Waals surface area contributed by atoms with Crippen molar-refractivity contribution in [2.24, 2.45) is 0 Å². The number of benzene rings is 1. The van der Waals surface area contributed by atoms with E-state index in [2.05, 4.69) is 54.9 Å². The molecule has 0 aliphatic carbocycles. The minimum Gasteiger partial charge on any atom is -0.387 e. The minimum atomic E-state index is -0.476. The van der Waals surface area contributed by atoms with E-state index in [-0.39, 0.29) is 0 Å². The monoisotopic (exact) mass is 382 g/mol. The fraction of sp³-hybridized carbons (Fsp3) is 0.522. The molecule has 1 unspecified atom stereocenters. The number of hydrogen-bond donors (Lipinski definition) is 2. The van der Waals surface area contributed by atoms with Crippen LogP contribution in [0.4, 0.5) is 5.82 Å². The number of aromatic nitrogens is 1. The van der Waals surface area contributed by atoms with Crippen LogP contribution in [0, 0.1) is 0 Å². The highest BCUT2D eigenvalue weighted by Crippen LogP contribution is 2.31. The average Bonchev–Trinajstić information content (AvgIpc) is 2.67. The third-order valence-electron chi connectivity index (χ3n) is 5.85. The normalized spacial score (nSPS) is 17.4. The molecule has 3 N–H and O–H groups in total. The Hall–Kier alpha value is -1.95. The van der Waals surface area contributed by atoms with Crippen molar-refractivity contribution in [2.45, 2.75) is 44.8 Å². The number of piperidine rings is 1. The highest BCUT2D eigenvalue weighted by atomic mass is 16.3. The predicted molar refractivity (Wildman–Crippen MR) is 116 cm³/mol. The lowest BCUT2D eigenvalue weighted by atomic mass is 9.91. The molecule has 2 aromatic rings. The highest BCUT2D eigenvalue weighted by Gasteiger charge is 2.23. The fourth-order valence-corrected chi connectivity index (χ4v) is 4.07. The van der Waals surface area contributed by atoms with Crippen molar-refractivity contribution >= 4 is 5.82 Å². The van der Waals surface area contributed by atoms with E-state index in [0.717, 1.165) is 42.8 Å². The Morgan fingerprint density at radius 3 is 2.50 bits per heavy atom. The third-order valence-corrected chi connectivity index (χ3v) is 5.85. The van der Waals surface area contributed by atoms with Crippen LogP contribution in [0.1, 0.15) is 49.8 Å². The van der Waals surface area contributed by atoms with Gasteiger partial charge in [-0.3, -0.25) is 0 Å². The van der Waals surface area contributed by atoms with E-state index in [1.54, 1.807) is 6.07 Å². The zero-order valence-corrected chi connectivity index (χ0v) is 17.6. The van der Waals surface area contributed by atoms with E-state index in [1.807, 2.05) is 18.2 Å². The molecule has 0 spiro atoms. The number of rotatable bonds is 6. The van der Waals surface area contributed by atoms with Crippen LogP contribution in [-0.2, 0) is 0 Å². The molecular weight excluding hydrogens is 348 g/mol. The average molecular weight is 383 g/mol. The molecule has 1 fully saturated rings. The number of nitrogens with zero attached hydrogens (tertiary/aromatic N) is 3. The van der Waals surface area contributed by atoms with Crippen molar-refractivity contribution in [2.75, 3.05) is 39.5 Å². The van der Waals surface area contributed by atoms with Gasteiger partial charge in [-0.1, -0.05) is 38.1 Å². The predicted octanol–water partition coefficient (Wildman–Crippen LogP) is 3.51. The summed E-state index contributed by atoms with van der Waals surface area (Å²) in [6.07, 6.45) is 1.85. The van der Waals surface area contributed by atoms with Gasteiger partial charge >= 0.3 is 0 Å². The van der Waals surface area contributed by atoms with Crippen LogP contribution in [0.15, 0.2) is 36.4 Å². The molecule has 1 atom stereocenters. The molecule has 1 aliphatic rings. The molecule has 28 heavy (non-hydrogen) atoms. The van der Waals surface area contributed by atoms with Crippen LogP contribution in [0.25, 0.3) is 11.3 Å². The zero-order valence-electron chi connectivity index (χ0n) is 17.6. The summed E-state index contributed by atoms with van der Waals surface area (Å²) in [5.41, 5.74) is 10.0. The molecule has 3 rings (SSSR count). The van der Waals surface area contributed by atoms with Gasteiger partial charge in [-0.2, -0.15) is 0 Å². The Morgan fingerprint density at radius 2 is 1.89 bits per heavy atom. The number of anilines is 1.